The number of ether oxygens (including phenoxy) is 1. The van der Waals surface area contributed by atoms with Crippen LogP contribution in [0.25, 0.3) is 0 Å². The lowest BCUT2D eigenvalue weighted by Crippen LogP contribution is -2.46. The summed E-state index contributed by atoms with van der Waals surface area (Å²) < 4.78 is 7.25. The fourth-order valence-corrected chi connectivity index (χ4v) is 3.46. The average molecular weight is 413 g/mol. The van der Waals surface area contributed by atoms with Crippen molar-refractivity contribution in [2.24, 2.45) is 13.0 Å². The Bertz CT molecular complexity index is 873. The van der Waals surface area contributed by atoms with Crippen molar-refractivity contribution >= 4 is 17.6 Å². The van der Waals surface area contributed by atoms with E-state index in [1.807, 2.05) is 66.9 Å². The van der Waals surface area contributed by atoms with Gasteiger partial charge in [0.2, 0.25) is 5.91 Å². The number of aromatic nitrogens is 1. The molecule has 3 amide bonds. The van der Waals surface area contributed by atoms with Crippen LogP contribution in [-0.2, 0) is 18.4 Å². The Morgan fingerprint density at radius 2 is 2.00 bits per heavy atom. The fraction of sp³-hybridized carbons (Fsp3) is 0.478. The predicted molar refractivity (Wildman–Crippen MR) is 117 cm³/mol. The Morgan fingerprint density at radius 3 is 2.60 bits per heavy atom. The SMILES string of the molecule is COc1cccc(NC(=O)N(CC(=O)N(Cc2cccn2C)C2CC2)CC(C)C)c1. The summed E-state index contributed by atoms with van der Waals surface area (Å²) >= 11 is 0. The summed E-state index contributed by atoms with van der Waals surface area (Å²) in [4.78, 5) is 29.7. The van der Waals surface area contributed by atoms with Crippen LogP contribution in [0, 0.1) is 5.92 Å². The quantitative estimate of drug-likeness (QED) is 0.683. The molecule has 0 saturated heterocycles. The number of urea groups is 1. The zero-order valence-corrected chi connectivity index (χ0v) is 18.3. The Kier molecular flexibility index (Phi) is 7.03. The fourth-order valence-electron chi connectivity index (χ4n) is 3.46. The van der Waals surface area contributed by atoms with Gasteiger partial charge in [-0.15, -0.1) is 0 Å². The van der Waals surface area contributed by atoms with E-state index in [0.29, 0.717) is 24.5 Å². The second-order valence-corrected chi connectivity index (χ2v) is 8.30. The zero-order valence-electron chi connectivity index (χ0n) is 18.3. The highest BCUT2D eigenvalue weighted by molar-refractivity contribution is 5.92. The van der Waals surface area contributed by atoms with Crippen molar-refractivity contribution in [3.05, 3.63) is 48.3 Å². The van der Waals surface area contributed by atoms with Gasteiger partial charge in [0.05, 0.1) is 13.7 Å². The molecule has 1 N–H and O–H groups in total. The first-order valence-electron chi connectivity index (χ1n) is 10.5. The highest BCUT2D eigenvalue weighted by Crippen LogP contribution is 2.29. The van der Waals surface area contributed by atoms with E-state index in [0.717, 1.165) is 18.5 Å². The third-order valence-electron chi connectivity index (χ3n) is 5.21. The molecular formula is C23H32N4O3. The molecule has 1 saturated carbocycles. The number of amides is 3. The third kappa shape index (κ3) is 5.78. The smallest absolute Gasteiger partial charge is 0.322 e. The Morgan fingerprint density at radius 1 is 1.23 bits per heavy atom. The van der Waals surface area contributed by atoms with E-state index in [9.17, 15) is 9.59 Å². The molecule has 1 aliphatic rings. The standard InChI is InChI=1S/C23H32N4O3/c1-17(2)14-26(23(29)24-18-7-5-9-21(13-18)30-4)16-22(28)27(19-10-11-19)15-20-8-6-12-25(20)3/h5-9,12-13,17,19H,10-11,14-16H2,1-4H3,(H,24,29). The van der Waals surface area contributed by atoms with Gasteiger partial charge in [0.15, 0.2) is 0 Å². The normalized spacial score (nSPS) is 13.2. The summed E-state index contributed by atoms with van der Waals surface area (Å²) in [6.07, 6.45) is 4.03. The Balaban J connectivity index is 1.69. The largest absolute Gasteiger partial charge is 0.497 e. The highest BCUT2D eigenvalue weighted by Gasteiger charge is 2.34. The molecular weight excluding hydrogens is 380 g/mol. The van der Waals surface area contributed by atoms with Crippen LogP contribution in [0.2, 0.25) is 0 Å². The number of benzene rings is 1. The van der Waals surface area contributed by atoms with E-state index in [2.05, 4.69) is 5.32 Å². The maximum atomic E-state index is 13.2. The van der Waals surface area contributed by atoms with Gasteiger partial charge in [-0.05, 0) is 43.0 Å². The number of hydrogen-bond donors (Lipinski definition) is 1. The van der Waals surface area contributed by atoms with Crippen molar-refractivity contribution in [1.82, 2.24) is 14.4 Å². The van der Waals surface area contributed by atoms with Gasteiger partial charge < -0.3 is 24.4 Å². The number of methoxy groups -OCH3 is 1. The molecule has 7 nitrogen and oxygen atoms in total. The molecule has 0 radical (unpaired) electrons. The van der Waals surface area contributed by atoms with Crippen molar-refractivity contribution in [3.63, 3.8) is 0 Å². The predicted octanol–water partition coefficient (Wildman–Crippen LogP) is 3.71. The average Bonchev–Trinajstić information content (AvgIpc) is 3.47. The summed E-state index contributed by atoms with van der Waals surface area (Å²) in [5.74, 6) is 0.901. The molecule has 0 aliphatic heterocycles. The number of aryl methyl sites for hydroxylation is 1. The van der Waals surface area contributed by atoms with Gasteiger partial charge in [0, 0.05) is 43.3 Å². The molecule has 0 spiro atoms. The van der Waals surface area contributed by atoms with Gasteiger partial charge in [-0.3, -0.25) is 4.79 Å². The van der Waals surface area contributed by atoms with E-state index in [4.69, 9.17) is 4.74 Å². The molecule has 2 aromatic rings. The van der Waals surface area contributed by atoms with Gasteiger partial charge in [-0.25, -0.2) is 4.79 Å². The minimum atomic E-state index is -0.278. The number of rotatable bonds is 9. The van der Waals surface area contributed by atoms with Crippen LogP contribution in [0.4, 0.5) is 10.5 Å². The summed E-state index contributed by atoms with van der Waals surface area (Å²) in [7, 11) is 3.57. The van der Waals surface area contributed by atoms with Crippen molar-refractivity contribution in [2.75, 3.05) is 25.5 Å². The first-order valence-corrected chi connectivity index (χ1v) is 10.5. The van der Waals surface area contributed by atoms with Gasteiger partial charge in [-0.2, -0.15) is 0 Å². The van der Waals surface area contributed by atoms with Crippen LogP contribution in [0.3, 0.4) is 0 Å². The van der Waals surface area contributed by atoms with Gasteiger partial charge in [-0.1, -0.05) is 19.9 Å². The lowest BCUT2D eigenvalue weighted by molar-refractivity contribution is -0.133. The summed E-state index contributed by atoms with van der Waals surface area (Å²) in [5, 5.41) is 2.90. The molecule has 162 valence electrons. The molecule has 0 atom stereocenters. The minimum absolute atomic E-state index is 0.0138. The first-order chi connectivity index (χ1) is 14.4. The molecule has 30 heavy (non-hydrogen) atoms. The minimum Gasteiger partial charge on any atom is -0.497 e. The molecule has 1 aromatic heterocycles. The van der Waals surface area contributed by atoms with E-state index < -0.39 is 0 Å². The molecule has 7 heteroatoms. The van der Waals surface area contributed by atoms with Crippen LogP contribution in [0.15, 0.2) is 42.6 Å². The molecule has 0 unspecified atom stereocenters. The van der Waals surface area contributed by atoms with E-state index in [1.54, 1.807) is 18.1 Å². The van der Waals surface area contributed by atoms with Crippen molar-refractivity contribution in [1.29, 1.82) is 0 Å². The maximum Gasteiger partial charge on any atom is 0.322 e. The molecule has 1 aromatic carbocycles. The lowest BCUT2D eigenvalue weighted by Gasteiger charge is -2.29. The highest BCUT2D eigenvalue weighted by atomic mass is 16.5. The van der Waals surface area contributed by atoms with E-state index in [1.165, 1.54) is 0 Å². The van der Waals surface area contributed by atoms with Crippen LogP contribution in [0.1, 0.15) is 32.4 Å². The summed E-state index contributed by atoms with van der Waals surface area (Å²) in [5.41, 5.74) is 1.73. The summed E-state index contributed by atoms with van der Waals surface area (Å²) in [6, 6.07) is 11.2. The number of hydrogen-bond acceptors (Lipinski definition) is 3. The van der Waals surface area contributed by atoms with Crippen LogP contribution < -0.4 is 10.1 Å². The number of carbonyl (C=O) groups is 2. The maximum absolute atomic E-state index is 13.2. The molecule has 3 rings (SSSR count). The second-order valence-electron chi connectivity index (χ2n) is 8.30. The van der Waals surface area contributed by atoms with Crippen LogP contribution >= 0.6 is 0 Å². The van der Waals surface area contributed by atoms with Crippen molar-refractivity contribution in [3.8, 4) is 5.75 Å². The third-order valence-corrected chi connectivity index (χ3v) is 5.21. The summed E-state index contributed by atoms with van der Waals surface area (Å²) in [6.45, 7) is 5.22. The monoisotopic (exact) mass is 412 g/mol. The number of carbonyl (C=O) groups excluding carboxylic acids is 2. The molecule has 1 aliphatic carbocycles. The Hall–Kier alpha value is -2.96. The van der Waals surface area contributed by atoms with Gasteiger partial charge in [0.1, 0.15) is 12.3 Å². The van der Waals surface area contributed by atoms with Crippen LogP contribution in [-0.4, -0.2) is 52.5 Å². The molecule has 1 fully saturated rings. The van der Waals surface area contributed by atoms with Gasteiger partial charge >= 0.3 is 6.03 Å². The lowest BCUT2D eigenvalue weighted by atomic mass is 10.2. The number of nitrogens with one attached hydrogen (secondary N) is 1. The molecule has 1 heterocycles. The number of nitrogens with zero attached hydrogens (tertiary/aromatic N) is 3. The Labute approximate surface area is 178 Å². The molecule has 0 bridgehead atoms. The van der Waals surface area contributed by atoms with E-state index >= 15 is 0 Å². The topological polar surface area (TPSA) is 66.8 Å². The first kappa shape index (κ1) is 21.7. The second kappa shape index (κ2) is 9.69. The zero-order chi connectivity index (χ0) is 21.7. The van der Waals surface area contributed by atoms with Gasteiger partial charge in [0.25, 0.3) is 0 Å². The number of anilines is 1. The van der Waals surface area contributed by atoms with E-state index in [-0.39, 0.29) is 30.4 Å². The van der Waals surface area contributed by atoms with Crippen molar-refractivity contribution in [2.45, 2.75) is 39.3 Å². The van der Waals surface area contributed by atoms with Crippen molar-refractivity contribution < 1.29 is 14.3 Å². The van der Waals surface area contributed by atoms with Crippen LogP contribution in [0.5, 0.6) is 5.75 Å².